The van der Waals surface area contributed by atoms with Gasteiger partial charge in [-0.1, -0.05) is 23.7 Å². The van der Waals surface area contributed by atoms with Gasteiger partial charge in [0.25, 0.3) is 11.7 Å². The van der Waals surface area contributed by atoms with Gasteiger partial charge in [0.1, 0.15) is 11.5 Å². The normalized spacial score (nSPS) is 19.1. The number of carbonyl (C=O) groups is 2. The predicted molar refractivity (Wildman–Crippen MR) is 129 cm³/mol. The largest absolute Gasteiger partial charge is 0.507 e. The lowest BCUT2D eigenvalue weighted by Crippen LogP contribution is -2.31. The van der Waals surface area contributed by atoms with Crippen LogP contribution in [0.25, 0.3) is 5.76 Å². The van der Waals surface area contributed by atoms with E-state index in [0.717, 1.165) is 33.7 Å². The SMILES string of the molecule is Cc1ccsc1C1/C(=C(/O)c2ccc3c(c2)CCO3)C(=O)C(=O)N1CCc1ccc(Cl)cc1. The van der Waals surface area contributed by atoms with Gasteiger partial charge in [-0.05, 0) is 71.8 Å². The molecule has 0 aliphatic carbocycles. The highest BCUT2D eigenvalue weighted by Gasteiger charge is 2.46. The average Bonchev–Trinajstić information content (AvgIpc) is 3.51. The Kier molecular flexibility index (Phi) is 5.72. The summed E-state index contributed by atoms with van der Waals surface area (Å²) in [6.45, 7) is 2.91. The summed E-state index contributed by atoms with van der Waals surface area (Å²) < 4.78 is 5.56. The lowest BCUT2D eigenvalue weighted by Gasteiger charge is -2.25. The van der Waals surface area contributed by atoms with Gasteiger partial charge in [0.05, 0.1) is 18.2 Å². The van der Waals surface area contributed by atoms with Crippen molar-refractivity contribution >= 4 is 40.4 Å². The number of nitrogens with zero attached hydrogens (tertiary/aromatic N) is 1. The third-order valence-corrected chi connectivity index (χ3v) is 7.53. The van der Waals surface area contributed by atoms with Crippen molar-refractivity contribution in [3.8, 4) is 5.75 Å². The zero-order valence-corrected chi connectivity index (χ0v) is 19.6. The minimum atomic E-state index is -0.654. The van der Waals surface area contributed by atoms with E-state index in [4.69, 9.17) is 16.3 Å². The number of hydrogen-bond acceptors (Lipinski definition) is 5. The number of hydrogen-bond donors (Lipinski definition) is 1. The van der Waals surface area contributed by atoms with E-state index in [-0.39, 0.29) is 11.3 Å². The number of amides is 1. The Bertz CT molecular complexity index is 1280. The zero-order valence-electron chi connectivity index (χ0n) is 18.0. The van der Waals surface area contributed by atoms with E-state index in [1.807, 2.05) is 48.7 Å². The monoisotopic (exact) mass is 479 g/mol. The number of ketones is 1. The first-order chi connectivity index (χ1) is 15.9. The third-order valence-electron chi connectivity index (χ3n) is 6.21. The van der Waals surface area contributed by atoms with Gasteiger partial charge >= 0.3 is 0 Å². The van der Waals surface area contributed by atoms with Gasteiger partial charge in [-0.3, -0.25) is 9.59 Å². The van der Waals surface area contributed by atoms with Crippen molar-refractivity contribution in [2.24, 2.45) is 0 Å². The van der Waals surface area contributed by atoms with Gasteiger partial charge < -0.3 is 14.7 Å². The number of Topliss-reactive ketones (excluding diaryl/α,β-unsaturated/α-hetero) is 1. The molecular weight excluding hydrogens is 458 g/mol. The Labute approximate surface area is 200 Å². The standard InChI is InChI=1S/C26H22ClNO4S/c1-15-10-13-33-25(15)22-21(23(29)18-4-7-20-17(14-18)9-12-32-20)24(30)26(31)28(22)11-8-16-2-5-19(27)6-3-16/h2-7,10,13-14,22,29H,8-9,11-12H2,1H3/b23-21-. The molecule has 0 radical (unpaired) electrons. The van der Waals surface area contributed by atoms with E-state index in [1.54, 1.807) is 17.0 Å². The second kappa shape index (κ2) is 8.69. The van der Waals surface area contributed by atoms with Gasteiger partial charge in [0, 0.05) is 28.4 Å². The number of aliphatic hydroxyl groups is 1. The lowest BCUT2D eigenvalue weighted by atomic mass is 9.97. The van der Waals surface area contributed by atoms with Crippen LogP contribution in [0.4, 0.5) is 0 Å². The minimum Gasteiger partial charge on any atom is -0.507 e. The van der Waals surface area contributed by atoms with Crippen LogP contribution >= 0.6 is 22.9 Å². The maximum absolute atomic E-state index is 13.2. The Morgan fingerprint density at radius 2 is 1.97 bits per heavy atom. The van der Waals surface area contributed by atoms with Crippen LogP contribution in [0.1, 0.15) is 33.2 Å². The van der Waals surface area contributed by atoms with Crippen LogP contribution in [0.15, 0.2) is 59.5 Å². The molecule has 5 rings (SSSR count). The van der Waals surface area contributed by atoms with Crippen molar-refractivity contribution in [3.63, 3.8) is 0 Å². The number of halogens is 1. The van der Waals surface area contributed by atoms with Crippen molar-refractivity contribution in [2.45, 2.75) is 25.8 Å². The Hall–Kier alpha value is -3.09. The molecule has 1 unspecified atom stereocenters. The number of carbonyl (C=O) groups excluding carboxylic acids is 2. The van der Waals surface area contributed by atoms with E-state index < -0.39 is 17.7 Å². The number of ether oxygens (including phenoxy) is 1. The molecular formula is C26H22ClNO4S. The van der Waals surface area contributed by atoms with Gasteiger partial charge in [0.2, 0.25) is 0 Å². The molecule has 2 aliphatic rings. The third kappa shape index (κ3) is 3.94. The Balaban J connectivity index is 1.55. The van der Waals surface area contributed by atoms with E-state index >= 15 is 0 Å². The van der Waals surface area contributed by atoms with E-state index in [2.05, 4.69) is 0 Å². The van der Waals surface area contributed by atoms with Crippen LogP contribution in [0.3, 0.4) is 0 Å². The molecule has 1 N–H and O–H groups in total. The highest BCUT2D eigenvalue weighted by Crippen LogP contribution is 2.43. The molecule has 0 spiro atoms. The van der Waals surface area contributed by atoms with E-state index in [0.29, 0.717) is 30.2 Å². The number of fused-ring (bicyclic) bond motifs is 1. The molecule has 0 saturated carbocycles. The summed E-state index contributed by atoms with van der Waals surface area (Å²) in [5.41, 5.74) is 3.65. The molecule has 7 heteroatoms. The van der Waals surface area contributed by atoms with Gasteiger partial charge in [-0.25, -0.2) is 0 Å². The van der Waals surface area contributed by atoms with Crippen LogP contribution in [-0.2, 0) is 22.4 Å². The second-order valence-electron chi connectivity index (χ2n) is 8.26. The first-order valence-electron chi connectivity index (χ1n) is 10.8. The lowest BCUT2D eigenvalue weighted by molar-refractivity contribution is -0.139. The maximum Gasteiger partial charge on any atom is 0.295 e. The fourth-order valence-corrected chi connectivity index (χ4v) is 5.61. The summed E-state index contributed by atoms with van der Waals surface area (Å²) in [5, 5.41) is 13.9. The number of benzene rings is 2. The molecule has 1 atom stereocenters. The molecule has 3 aromatic rings. The molecule has 0 bridgehead atoms. The molecule has 1 fully saturated rings. The van der Waals surface area contributed by atoms with Crippen LogP contribution in [-0.4, -0.2) is 34.8 Å². The quantitative estimate of drug-likeness (QED) is 0.306. The molecule has 2 aromatic carbocycles. The molecule has 3 heterocycles. The first kappa shape index (κ1) is 21.7. The fourth-order valence-electron chi connectivity index (χ4n) is 4.44. The molecule has 1 aromatic heterocycles. The molecule has 1 amide bonds. The smallest absolute Gasteiger partial charge is 0.295 e. The molecule has 2 aliphatic heterocycles. The van der Waals surface area contributed by atoms with Gasteiger partial charge in [0.15, 0.2) is 0 Å². The zero-order chi connectivity index (χ0) is 23.1. The topological polar surface area (TPSA) is 66.8 Å². The minimum absolute atomic E-state index is 0.139. The number of likely N-dealkylation sites (tertiary alicyclic amines) is 1. The summed E-state index contributed by atoms with van der Waals surface area (Å²) in [6, 6.07) is 14.2. The number of thiophene rings is 1. The average molecular weight is 480 g/mol. The number of aryl methyl sites for hydroxylation is 1. The fraction of sp³-hybridized carbons (Fsp3) is 0.231. The van der Waals surface area contributed by atoms with Crippen LogP contribution in [0, 0.1) is 6.92 Å². The highest BCUT2D eigenvalue weighted by atomic mass is 35.5. The van der Waals surface area contributed by atoms with Crippen molar-refractivity contribution < 1.29 is 19.4 Å². The summed E-state index contributed by atoms with van der Waals surface area (Å²) in [5.74, 6) is -0.596. The summed E-state index contributed by atoms with van der Waals surface area (Å²) in [6.07, 6.45) is 1.32. The predicted octanol–water partition coefficient (Wildman–Crippen LogP) is 5.31. The first-order valence-corrected chi connectivity index (χ1v) is 12.0. The van der Waals surface area contributed by atoms with E-state index in [9.17, 15) is 14.7 Å². The molecule has 168 valence electrons. The second-order valence-corrected chi connectivity index (χ2v) is 9.64. The van der Waals surface area contributed by atoms with E-state index in [1.165, 1.54) is 11.3 Å². The summed E-state index contributed by atoms with van der Waals surface area (Å²) >= 11 is 7.47. The Morgan fingerprint density at radius 1 is 1.18 bits per heavy atom. The van der Waals surface area contributed by atoms with Crippen molar-refractivity contribution in [2.75, 3.05) is 13.2 Å². The van der Waals surface area contributed by atoms with Crippen molar-refractivity contribution in [3.05, 3.63) is 91.6 Å². The summed E-state index contributed by atoms with van der Waals surface area (Å²) in [4.78, 5) is 28.8. The van der Waals surface area contributed by atoms with Gasteiger partial charge in [-0.15, -0.1) is 11.3 Å². The van der Waals surface area contributed by atoms with Gasteiger partial charge in [-0.2, -0.15) is 0 Å². The van der Waals surface area contributed by atoms with Crippen molar-refractivity contribution in [1.82, 2.24) is 4.90 Å². The Morgan fingerprint density at radius 3 is 2.70 bits per heavy atom. The molecule has 5 nitrogen and oxygen atoms in total. The molecule has 33 heavy (non-hydrogen) atoms. The van der Waals surface area contributed by atoms with Crippen molar-refractivity contribution in [1.29, 1.82) is 0 Å². The highest BCUT2D eigenvalue weighted by molar-refractivity contribution is 7.10. The summed E-state index contributed by atoms with van der Waals surface area (Å²) in [7, 11) is 0. The van der Waals surface area contributed by atoms with Crippen LogP contribution < -0.4 is 4.74 Å². The van der Waals surface area contributed by atoms with Crippen LogP contribution in [0.2, 0.25) is 5.02 Å². The maximum atomic E-state index is 13.2. The number of aliphatic hydroxyl groups excluding tert-OH is 1. The van der Waals surface area contributed by atoms with Crippen LogP contribution in [0.5, 0.6) is 5.75 Å². The molecule has 1 saturated heterocycles. The number of rotatable bonds is 5.